The van der Waals surface area contributed by atoms with Gasteiger partial charge in [0.2, 0.25) is 0 Å². The molecule has 0 aliphatic heterocycles. The quantitative estimate of drug-likeness (QED) is 0.885. The first-order chi connectivity index (χ1) is 8.69. The Hall–Kier alpha value is -1.55. The van der Waals surface area contributed by atoms with E-state index in [2.05, 4.69) is 0 Å². The van der Waals surface area contributed by atoms with Crippen molar-refractivity contribution in [3.05, 3.63) is 29.8 Å². The van der Waals surface area contributed by atoms with Crippen LogP contribution < -0.4 is 4.74 Å². The second kappa shape index (κ2) is 6.06. The number of ether oxygens (including phenoxy) is 1. The molecule has 0 spiro atoms. The normalized spacial score (nSPS) is 12.9. The highest BCUT2D eigenvalue weighted by Gasteiger charge is 2.24. The van der Waals surface area contributed by atoms with E-state index in [0.29, 0.717) is 5.75 Å². The van der Waals surface area contributed by atoms with E-state index in [1.54, 1.807) is 27.8 Å². The first-order valence-electron chi connectivity index (χ1n) is 6.40. The number of benzene rings is 1. The van der Waals surface area contributed by atoms with E-state index in [9.17, 15) is 9.90 Å². The van der Waals surface area contributed by atoms with Gasteiger partial charge in [0.05, 0.1) is 5.60 Å². The van der Waals surface area contributed by atoms with Crippen molar-refractivity contribution in [3.8, 4) is 5.75 Å². The summed E-state index contributed by atoms with van der Waals surface area (Å²) < 4.78 is 5.62. The molecule has 0 heterocycles. The average molecular weight is 265 g/mol. The standard InChI is InChI=1S/C15H23NO3/c1-11-7-6-8-13(9-11)19-12(2)14(17)16(5)10-15(3,4)18/h6-9,12,18H,10H2,1-5H3. The zero-order chi connectivity index (χ0) is 14.6. The highest BCUT2D eigenvalue weighted by molar-refractivity contribution is 5.80. The summed E-state index contributed by atoms with van der Waals surface area (Å²) in [6, 6.07) is 7.58. The van der Waals surface area contributed by atoms with Gasteiger partial charge in [0.1, 0.15) is 5.75 Å². The summed E-state index contributed by atoms with van der Waals surface area (Å²) in [7, 11) is 1.66. The molecular weight excluding hydrogens is 242 g/mol. The van der Waals surface area contributed by atoms with Gasteiger partial charge in [-0.15, -0.1) is 0 Å². The van der Waals surface area contributed by atoms with Crippen LogP contribution in [0.1, 0.15) is 26.3 Å². The van der Waals surface area contributed by atoms with Crippen LogP contribution in [0.4, 0.5) is 0 Å². The van der Waals surface area contributed by atoms with E-state index in [0.717, 1.165) is 5.56 Å². The fraction of sp³-hybridized carbons (Fsp3) is 0.533. The molecule has 1 rings (SSSR count). The van der Waals surface area contributed by atoms with E-state index in [1.165, 1.54) is 4.90 Å². The highest BCUT2D eigenvalue weighted by Crippen LogP contribution is 2.15. The Morgan fingerprint density at radius 3 is 2.63 bits per heavy atom. The smallest absolute Gasteiger partial charge is 0.263 e. The monoisotopic (exact) mass is 265 g/mol. The summed E-state index contributed by atoms with van der Waals surface area (Å²) in [5.74, 6) is 0.529. The number of aryl methyl sites for hydroxylation is 1. The van der Waals surface area contributed by atoms with E-state index in [-0.39, 0.29) is 12.5 Å². The third-order valence-corrected chi connectivity index (χ3v) is 2.65. The fourth-order valence-electron chi connectivity index (χ4n) is 1.91. The van der Waals surface area contributed by atoms with Crippen molar-refractivity contribution in [2.45, 2.75) is 39.4 Å². The molecule has 106 valence electrons. The van der Waals surface area contributed by atoms with Crippen LogP contribution in [0, 0.1) is 6.92 Å². The molecule has 0 radical (unpaired) electrons. The third kappa shape index (κ3) is 5.30. The minimum atomic E-state index is -0.909. The molecule has 19 heavy (non-hydrogen) atoms. The van der Waals surface area contributed by atoms with Gasteiger partial charge in [0, 0.05) is 13.6 Å². The minimum absolute atomic E-state index is 0.149. The largest absolute Gasteiger partial charge is 0.481 e. The fourth-order valence-corrected chi connectivity index (χ4v) is 1.91. The molecule has 0 aromatic heterocycles. The molecule has 1 N–H and O–H groups in total. The molecule has 1 atom stereocenters. The van der Waals surface area contributed by atoms with Crippen molar-refractivity contribution in [2.24, 2.45) is 0 Å². The Bertz CT molecular complexity index is 437. The second-order valence-corrected chi connectivity index (χ2v) is 5.58. The Morgan fingerprint density at radius 1 is 1.47 bits per heavy atom. The number of aliphatic hydroxyl groups is 1. The molecule has 1 aromatic carbocycles. The molecule has 0 saturated heterocycles. The molecule has 0 saturated carbocycles. The number of rotatable bonds is 5. The summed E-state index contributed by atoms with van der Waals surface area (Å²) in [6.07, 6.45) is -0.575. The third-order valence-electron chi connectivity index (χ3n) is 2.65. The van der Waals surface area contributed by atoms with E-state index in [4.69, 9.17) is 4.74 Å². The molecule has 0 fully saturated rings. The lowest BCUT2D eigenvalue weighted by Crippen LogP contribution is -2.44. The van der Waals surface area contributed by atoms with Gasteiger partial charge in [-0.3, -0.25) is 4.79 Å². The molecule has 4 nitrogen and oxygen atoms in total. The summed E-state index contributed by atoms with van der Waals surface area (Å²) in [6.45, 7) is 7.30. The summed E-state index contributed by atoms with van der Waals surface area (Å²) in [5, 5.41) is 9.71. The zero-order valence-electron chi connectivity index (χ0n) is 12.3. The van der Waals surface area contributed by atoms with E-state index in [1.807, 2.05) is 31.2 Å². The van der Waals surface area contributed by atoms with Gasteiger partial charge in [0.25, 0.3) is 5.91 Å². The number of hydrogen-bond acceptors (Lipinski definition) is 3. The lowest BCUT2D eigenvalue weighted by atomic mass is 10.1. The average Bonchev–Trinajstić information content (AvgIpc) is 2.25. The summed E-state index contributed by atoms with van der Waals surface area (Å²) >= 11 is 0. The number of carbonyl (C=O) groups excluding carboxylic acids is 1. The predicted molar refractivity (Wildman–Crippen MR) is 75.2 cm³/mol. The second-order valence-electron chi connectivity index (χ2n) is 5.58. The molecule has 1 amide bonds. The van der Waals surface area contributed by atoms with Gasteiger partial charge in [-0.2, -0.15) is 0 Å². The zero-order valence-corrected chi connectivity index (χ0v) is 12.3. The van der Waals surface area contributed by atoms with Gasteiger partial charge in [-0.25, -0.2) is 0 Å². The Morgan fingerprint density at radius 2 is 2.11 bits per heavy atom. The SMILES string of the molecule is Cc1cccc(OC(C)C(=O)N(C)CC(C)(C)O)c1. The minimum Gasteiger partial charge on any atom is -0.481 e. The molecule has 0 bridgehead atoms. The van der Waals surface area contributed by atoms with Crippen LogP contribution in [0.5, 0.6) is 5.75 Å². The maximum Gasteiger partial charge on any atom is 0.263 e. The van der Waals surface area contributed by atoms with Crippen molar-refractivity contribution in [1.82, 2.24) is 4.90 Å². The van der Waals surface area contributed by atoms with Crippen LogP contribution in [-0.2, 0) is 4.79 Å². The number of hydrogen-bond donors (Lipinski definition) is 1. The van der Waals surface area contributed by atoms with Crippen molar-refractivity contribution in [3.63, 3.8) is 0 Å². The summed E-state index contributed by atoms with van der Waals surface area (Å²) in [4.78, 5) is 13.6. The molecule has 1 unspecified atom stereocenters. The van der Waals surface area contributed by atoms with Gasteiger partial charge >= 0.3 is 0 Å². The number of nitrogens with zero attached hydrogens (tertiary/aromatic N) is 1. The molecule has 0 aliphatic carbocycles. The first kappa shape index (κ1) is 15.5. The van der Waals surface area contributed by atoms with Crippen LogP contribution in [0.25, 0.3) is 0 Å². The van der Waals surface area contributed by atoms with Gasteiger partial charge in [0.15, 0.2) is 6.10 Å². The number of amides is 1. The van der Waals surface area contributed by atoms with Crippen LogP contribution >= 0.6 is 0 Å². The Balaban J connectivity index is 2.62. The lowest BCUT2D eigenvalue weighted by molar-refractivity contribution is -0.139. The van der Waals surface area contributed by atoms with Crippen LogP contribution in [0.3, 0.4) is 0 Å². The van der Waals surface area contributed by atoms with Crippen molar-refractivity contribution in [1.29, 1.82) is 0 Å². The maximum absolute atomic E-state index is 12.1. The molecule has 1 aromatic rings. The molecular formula is C15H23NO3. The molecule has 4 heteroatoms. The van der Waals surface area contributed by atoms with Crippen molar-refractivity contribution < 1.29 is 14.6 Å². The Labute approximate surface area is 115 Å². The van der Waals surface area contributed by atoms with Crippen LogP contribution in [0.15, 0.2) is 24.3 Å². The van der Waals surface area contributed by atoms with Crippen molar-refractivity contribution in [2.75, 3.05) is 13.6 Å². The van der Waals surface area contributed by atoms with Gasteiger partial charge < -0.3 is 14.7 Å². The van der Waals surface area contributed by atoms with E-state index < -0.39 is 11.7 Å². The number of likely N-dealkylation sites (N-methyl/N-ethyl adjacent to an activating group) is 1. The number of carbonyl (C=O) groups is 1. The van der Waals surface area contributed by atoms with E-state index >= 15 is 0 Å². The highest BCUT2D eigenvalue weighted by atomic mass is 16.5. The first-order valence-corrected chi connectivity index (χ1v) is 6.40. The van der Waals surface area contributed by atoms with Crippen LogP contribution in [-0.4, -0.2) is 41.2 Å². The summed E-state index contributed by atoms with van der Waals surface area (Å²) in [5.41, 5.74) is 0.176. The van der Waals surface area contributed by atoms with Gasteiger partial charge in [-0.1, -0.05) is 12.1 Å². The van der Waals surface area contributed by atoms with Crippen molar-refractivity contribution >= 4 is 5.91 Å². The predicted octanol–water partition coefficient (Wildman–Crippen LogP) is 1.99. The maximum atomic E-state index is 12.1. The van der Waals surface area contributed by atoms with Gasteiger partial charge in [-0.05, 0) is 45.4 Å². The van der Waals surface area contributed by atoms with Crippen LogP contribution in [0.2, 0.25) is 0 Å². The lowest BCUT2D eigenvalue weighted by Gasteiger charge is -2.27. The Kier molecular flexibility index (Phi) is 4.95. The topological polar surface area (TPSA) is 49.8 Å². The molecule has 0 aliphatic rings.